The summed E-state index contributed by atoms with van der Waals surface area (Å²) in [6, 6.07) is 1.61. The number of rotatable bonds is 5. The molecule has 1 aliphatic carbocycles. The second-order valence-corrected chi connectivity index (χ2v) is 7.61. The average Bonchev–Trinajstić information content (AvgIpc) is 2.88. The van der Waals surface area contributed by atoms with Gasteiger partial charge in [-0.1, -0.05) is 12.8 Å². The number of thiophene rings is 1. The van der Waals surface area contributed by atoms with Crippen molar-refractivity contribution in [2.45, 2.75) is 35.9 Å². The van der Waals surface area contributed by atoms with Crippen LogP contribution in [0.4, 0.5) is 0 Å². The second kappa shape index (κ2) is 6.21. The number of methoxy groups -OCH3 is 1. The maximum Gasteiger partial charge on any atom is 0.254 e. The highest BCUT2D eigenvalue weighted by atomic mass is 32.2. The third-order valence-electron chi connectivity index (χ3n) is 3.58. The predicted octanol–water partition coefficient (Wildman–Crippen LogP) is 1.55. The largest absolute Gasteiger partial charge is 0.494 e. The minimum Gasteiger partial charge on any atom is -0.494 e. The lowest BCUT2D eigenvalue weighted by atomic mass is 9.85. The number of sulfonamides is 1. The van der Waals surface area contributed by atoms with Gasteiger partial charge in [0.25, 0.3) is 10.0 Å². The van der Waals surface area contributed by atoms with Gasteiger partial charge >= 0.3 is 0 Å². The molecule has 0 aromatic carbocycles. The van der Waals surface area contributed by atoms with Gasteiger partial charge in [-0.15, -0.1) is 11.3 Å². The smallest absolute Gasteiger partial charge is 0.254 e. The number of hydrogen-bond donors (Lipinski definition) is 2. The van der Waals surface area contributed by atoms with Crippen LogP contribution < -0.4 is 15.2 Å². The number of hydrogen-bond acceptors (Lipinski definition) is 5. The van der Waals surface area contributed by atoms with Crippen LogP contribution >= 0.6 is 11.3 Å². The fraction of sp³-hybridized carbons (Fsp3) is 0.667. The summed E-state index contributed by atoms with van der Waals surface area (Å²) in [6.45, 7) is 0.523. The minimum absolute atomic E-state index is 0.0597. The Kier molecular flexibility index (Phi) is 4.83. The highest BCUT2D eigenvalue weighted by molar-refractivity contribution is 7.91. The lowest BCUT2D eigenvalue weighted by molar-refractivity contribution is 0.296. The van der Waals surface area contributed by atoms with E-state index >= 15 is 0 Å². The van der Waals surface area contributed by atoms with Crippen molar-refractivity contribution in [1.82, 2.24) is 4.72 Å². The normalized spacial score (nSPS) is 24.3. The Bertz CT molecular complexity index is 513. The summed E-state index contributed by atoms with van der Waals surface area (Å²) < 4.78 is 32.9. The fourth-order valence-corrected chi connectivity index (χ4v) is 5.16. The molecule has 3 N–H and O–H groups in total. The quantitative estimate of drug-likeness (QED) is 0.865. The fourth-order valence-electron chi connectivity index (χ4n) is 2.53. The van der Waals surface area contributed by atoms with E-state index in [-0.39, 0.29) is 16.2 Å². The third kappa shape index (κ3) is 3.28. The monoisotopic (exact) mass is 304 g/mol. The van der Waals surface area contributed by atoms with Gasteiger partial charge in [0, 0.05) is 6.04 Å². The zero-order valence-corrected chi connectivity index (χ0v) is 12.6. The van der Waals surface area contributed by atoms with Gasteiger partial charge in [-0.25, -0.2) is 13.1 Å². The molecule has 0 saturated heterocycles. The van der Waals surface area contributed by atoms with E-state index in [0.29, 0.717) is 12.3 Å². The molecule has 1 heterocycles. The van der Waals surface area contributed by atoms with Crippen molar-refractivity contribution in [3.8, 4) is 5.75 Å². The Hall–Kier alpha value is -0.630. The van der Waals surface area contributed by atoms with Crippen LogP contribution in [-0.2, 0) is 10.0 Å². The Morgan fingerprint density at radius 3 is 2.89 bits per heavy atom. The first-order valence-corrected chi connectivity index (χ1v) is 8.78. The molecule has 0 bridgehead atoms. The van der Waals surface area contributed by atoms with Gasteiger partial charge in [-0.05, 0) is 36.8 Å². The van der Waals surface area contributed by atoms with Gasteiger partial charge in [0.1, 0.15) is 5.75 Å². The maximum absolute atomic E-state index is 12.4. The van der Waals surface area contributed by atoms with Gasteiger partial charge in [-0.2, -0.15) is 0 Å². The number of nitrogens with one attached hydrogen (secondary N) is 1. The molecule has 1 fully saturated rings. The van der Waals surface area contributed by atoms with Crippen LogP contribution in [0.5, 0.6) is 5.75 Å². The molecule has 108 valence electrons. The van der Waals surface area contributed by atoms with Crippen LogP contribution in [0.1, 0.15) is 25.7 Å². The van der Waals surface area contributed by atoms with Crippen molar-refractivity contribution in [1.29, 1.82) is 0 Å². The molecular formula is C12H20N2O3S2. The summed E-state index contributed by atoms with van der Waals surface area (Å²) in [5.74, 6) is 0.632. The van der Waals surface area contributed by atoms with E-state index < -0.39 is 10.0 Å². The van der Waals surface area contributed by atoms with E-state index in [4.69, 9.17) is 10.5 Å². The molecule has 0 aliphatic heterocycles. The van der Waals surface area contributed by atoms with Gasteiger partial charge in [-0.3, -0.25) is 0 Å². The topological polar surface area (TPSA) is 81.4 Å². The predicted molar refractivity (Wildman–Crippen MR) is 76.0 cm³/mol. The molecule has 19 heavy (non-hydrogen) atoms. The Morgan fingerprint density at radius 1 is 1.47 bits per heavy atom. The zero-order chi connectivity index (χ0) is 13.9. The molecule has 2 atom stereocenters. The molecule has 7 heteroatoms. The van der Waals surface area contributed by atoms with Crippen LogP contribution in [-0.4, -0.2) is 28.1 Å². The van der Waals surface area contributed by atoms with Gasteiger partial charge in [0.2, 0.25) is 0 Å². The minimum atomic E-state index is -3.51. The van der Waals surface area contributed by atoms with E-state index in [0.717, 1.165) is 25.7 Å². The molecule has 1 aliphatic rings. The Morgan fingerprint density at radius 2 is 2.21 bits per heavy atom. The van der Waals surface area contributed by atoms with E-state index in [1.165, 1.54) is 18.4 Å². The van der Waals surface area contributed by atoms with E-state index in [1.54, 1.807) is 11.4 Å². The molecule has 0 amide bonds. The summed E-state index contributed by atoms with van der Waals surface area (Å²) in [4.78, 5) is 0. The second-order valence-electron chi connectivity index (χ2n) is 4.78. The van der Waals surface area contributed by atoms with Crippen molar-refractivity contribution in [2.75, 3.05) is 13.7 Å². The molecule has 1 aromatic rings. The Labute approximate surface area is 118 Å². The van der Waals surface area contributed by atoms with Crippen LogP contribution in [0.3, 0.4) is 0 Å². The molecule has 1 saturated carbocycles. The molecule has 2 rings (SSSR count). The molecular weight excluding hydrogens is 284 g/mol. The summed E-state index contributed by atoms with van der Waals surface area (Å²) >= 11 is 1.17. The molecule has 5 nitrogen and oxygen atoms in total. The van der Waals surface area contributed by atoms with Crippen molar-refractivity contribution in [3.63, 3.8) is 0 Å². The molecule has 0 unspecified atom stereocenters. The SMILES string of the molecule is COc1ccsc1S(=O)(=O)N[C@@H]1CCCC[C@@H]1CN. The average molecular weight is 304 g/mol. The van der Waals surface area contributed by atoms with Gasteiger partial charge in [0.15, 0.2) is 4.21 Å². The lowest BCUT2D eigenvalue weighted by Crippen LogP contribution is -2.44. The maximum atomic E-state index is 12.4. The highest BCUT2D eigenvalue weighted by Crippen LogP contribution is 2.31. The van der Waals surface area contributed by atoms with E-state index in [2.05, 4.69) is 4.72 Å². The third-order valence-corrected chi connectivity index (χ3v) is 6.51. The summed E-state index contributed by atoms with van der Waals surface area (Å²) in [6.07, 6.45) is 4.02. The number of nitrogens with two attached hydrogens (primary N) is 1. The van der Waals surface area contributed by atoms with Crippen LogP contribution in [0, 0.1) is 5.92 Å². The van der Waals surface area contributed by atoms with Crippen molar-refractivity contribution >= 4 is 21.4 Å². The molecule has 0 spiro atoms. The van der Waals surface area contributed by atoms with Crippen LogP contribution in [0.15, 0.2) is 15.7 Å². The van der Waals surface area contributed by atoms with Crippen LogP contribution in [0.25, 0.3) is 0 Å². The van der Waals surface area contributed by atoms with Crippen LogP contribution in [0.2, 0.25) is 0 Å². The molecule has 1 aromatic heterocycles. The summed E-state index contributed by atoms with van der Waals surface area (Å²) in [5.41, 5.74) is 5.73. The van der Waals surface area contributed by atoms with Gasteiger partial charge in [0.05, 0.1) is 7.11 Å². The first-order chi connectivity index (χ1) is 9.08. The van der Waals surface area contributed by atoms with Crippen molar-refractivity contribution < 1.29 is 13.2 Å². The Balaban J connectivity index is 2.16. The van der Waals surface area contributed by atoms with Gasteiger partial charge < -0.3 is 10.5 Å². The number of ether oxygens (including phenoxy) is 1. The van der Waals surface area contributed by atoms with Crippen molar-refractivity contribution in [3.05, 3.63) is 11.4 Å². The van der Waals surface area contributed by atoms with E-state index in [1.807, 2.05) is 0 Å². The zero-order valence-electron chi connectivity index (χ0n) is 11.0. The summed E-state index contributed by atoms with van der Waals surface area (Å²) in [7, 11) is -2.04. The van der Waals surface area contributed by atoms with E-state index in [9.17, 15) is 8.42 Å². The molecule has 0 radical (unpaired) electrons. The summed E-state index contributed by atoms with van der Waals surface area (Å²) in [5, 5.41) is 1.72. The first kappa shape index (κ1) is 14.8. The standard InChI is InChI=1S/C12H20N2O3S2/c1-17-11-6-7-18-12(11)19(15,16)14-10-5-3-2-4-9(10)8-13/h6-7,9-10,14H,2-5,8,13H2,1H3/t9-,10-/m1/s1. The lowest BCUT2D eigenvalue weighted by Gasteiger charge is -2.30. The highest BCUT2D eigenvalue weighted by Gasteiger charge is 2.30. The van der Waals surface area contributed by atoms with Crippen molar-refractivity contribution in [2.24, 2.45) is 11.7 Å². The first-order valence-electron chi connectivity index (χ1n) is 6.42.